The Labute approximate surface area is 90.0 Å². The van der Waals surface area contributed by atoms with E-state index < -0.39 is 0 Å². The van der Waals surface area contributed by atoms with Crippen LogP contribution < -0.4 is 5.32 Å². The van der Waals surface area contributed by atoms with E-state index in [2.05, 4.69) is 12.2 Å². The van der Waals surface area contributed by atoms with E-state index in [1.54, 1.807) is 4.90 Å². The Hall–Kier alpha value is -1.06. The molecule has 3 amide bonds. The van der Waals surface area contributed by atoms with Crippen LogP contribution in [0.25, 0.3) is 0 Å². The maximum atomic E-state index is 11.5. The van der Waals surface area contributed by atoms with Crippen molar-refractivity contribution in [3.05, 3.63) is 0 Å². The van der Waals surface area contributed by atoms with Gasteiger partial charge in [-0.3, -0.25) is 10.1 Å². The van der Waals surface area contributed by atoms with Crippen LogP contribution in [0.15, 0.2) is 0 Å². The number of urea groups is 1. The van der Waals surface area contributed by atoms with Crippen LogP contribution in [0.1, 0.15) is 32.6 Å². The molecule has 0 bridgehead atoms. The van der Waals surface area contributed by atoms with Crippen LogP contribution in [-0.2, 0) is 4.79 Å². The summed E-state index contributed by atoms with van der Waals surface area (Å²) in [7, 11) is 0. The second-order valence-electron chi connectivity index (χ2n) is 4.83. The van der Waals surface area contributed by atoms with Crippen LogP contribution in [0.4, 0.5) is 4.79 Å². The predicted molar refractivity (Wildman–Crippen MR) is 56.2 cm³/mol. The first kappa shape index (κ1) is 10.5. The minimum Gasteiger partial charge on any atom is -0.324 e. The first-order valence-corrected chi connectivity index (χ1v) is 5.74. The molecular weight excluding hydrogens is 192 g/mol. The molecular formula is C11H18N2O2. The Balaban J connectivity index is 1.84. The van der Waals surface area contributed by atoms with E-state index in [-0.39, 0.29) is 11.9 Å². The van der Waals surface area contributed by atoms with E-state index in [9.17, 15) is 9.59 Å². The molecule has 15 heavy (non-hydrogen) atoms. The number of carbonyl (C=O) groups is 2. The third-order valence-corrected chi connectivity index (χ3v) is 3.42. The van der Waals surface area contributed by atoms with Crippen molar-refractivity contribution >= 4 is 11.9 Å². The number of hydrogen-bond donors (Lipinski definition) is 1. The Bertz CT molecular complexity index is 278. The summed E-state index contributed by atoms with van der Waals surface area (Å²) in [6.07, 6.45) is 4.17. The van der Waals surface area contributed by atoms with Gasteiger partial charge >= 0.3 is 6.03 Å². The van der Waals surface area contributed by atoms with Crippen LogP contribution in [-0.4, -0.2) is 29.9 Å². The molecule has 2 atom stereocenters. The van der Waals surface area contributed by atoms with Gasteiger partial charge in [0.2, 0.25) is 5.91 Å². The fourth-order valence-corrected chi connectivity index (χ4v) is 2.58. The quantitative estimate of drug-likeness (QED) is 0.748. The van der Waals surface area contributed by atoms with Gasteiger partial charge in [-0.15, -0.1) is 0 Å². The molecule has 4 heteroatoms. The maximum Gasteiger partial charge on any atom is 0.324 e. The molecule has 0 aromatic rings. The maximum absolute atomic E-state index is 11.5. The lowest BCUT2D eigenvalue weighted by molar-refractivity contribution is -0.121. The molecule has 1 heterocycles. The lowest BCUT2D eigenvalue weighted by atomic mass is 10.1. The third-order valence-electron chi connectivity index (χ3n) is 3.42. The van der Waals surface area contributed by atoms with Crippen molar-refractivity contribution in [2.24, 2.45) is 11.8 Å². The number of rotatable bonds is 2. The molecule has 2 rings (SSSR count). The van der Waals surface area contributed by atoms with E-state index >= 15 is 0 Å². The molecule has 2 unspecified atom stereocenters. The number of nitrogens with zero attached hydrogens (tertiary/aromatic N) is 1. The van der Waals surface area contributed by atoms with Gasteiger partial charge in [-0.1, -0.05) is 13.3 Å². The highest BCUT2D eigenvalue weighted by Gasteiger charge is 2.28. The molecule has 0 radical (unpaired) electrons. The van der Waals surface area contributed by atoms with Gasteiger partial charge in [0.1, 0.15) is 0 Å². The summed E-state index contributed by atoms with van der Waals surface area (Å²) >= 11 is 0. The number of carbonyl (C=O) groups excluding carboxylic acids is 2. The Morgan fingerprint density at radius 3 is 2.80 bits per heavy atom. The van der Waals surface area contributed by atoms with Gasteiger partial charge in [0.15, 0.2) is 0 Å². The summed E-state index contributed by atoms with van der Waals surface area (Å²) in [6.45, 7) is 3.68. The highest BCUT2D eigenvalue weighted by atomic mass is 16.2. The smallest absolute Gasteiger partial charge is 0.324 e. The van der Waals surface area contributed by atoms with Gasteiger partial charge in [0.05, 0.1) is 0 Å². The molecule has 2 aliphatic rings. The standard InChI is InChI=1S/C11H18N2O2/c1-8-2-3-9(6-8)7-13-5-4-10(14)12-11(13)15/h8-9H,2-7H2,1H3,(H,12,14,15). The van der Waals surface area contributed by atoms with Crippen molar-refractivity contribution in [2.45, 2.75) is 32.6 Å². The van der Waals surface area contributed by atoms with Gasteiger partial charge in [0, 0.05) is 19.5 Å². The zero-order chi connectivity index (χ0) is 10.8. The van der Waals surface area contributed by atoms with Crippen LogP contribution in [0, 0.1) is 11.8 Å². The van der Waals surface area contributed by atoms with E-state index in [0.717, 1.165) is 12.5 Å². The lowest BCUT2D eigenvalue weighted by Crippen LogP contribution is -2.50. The minimum absolute atomic E-state index is 0.143. The van der Waals surface area contributed by atoms with Gasteiger partial charge in [-0.05, 0) is 24.7 Å². The summed E-state index contributed by atoms with van der Waals surface area (Å²) < 4.78 is 0. The summed E-state index contributed by atoms with van der Waals surface area (Å²) in [5, 5.41) is 2.36. The molecule has 84 valence electrons. The SMILES string of the molecule is CC1CCC(CN2CCC(=O)NC2=O)C1. The number of amides is 3. The molecule has 2 fully saturated rings. The zero-order valence-corrected chi connectivity index (χ0v) is 9.16. The van der Waals surface area contributed by atoms with Crippen LogP contribution in [0.2, 0.25) is 0 Å². The molecule has 0 aromatic heterocycles. The van der Waals surface area contributed by atoms with Gasteiger partial charge in [0.25, 0.3) is 0 Å². The van der Waals surface area contributed by atoms with Gasteiger partial charge in [-0.25, -0.2) is 4.79 Å². The highest BCUT2D eigenvalue weighted by Crippen LogP contribution is 2.31. The van der Waals surface area contributed by atoms with Crippen molar-refractivity contribution in [1.29, 1.82) is 0 Å². The van der Waals surface area contributed by atoms with Crippen molar-refractivity contribution in [3.8, 4) is 0 Å². The Kier molecular flexibility index (Phi) is 2.93. The van der Waals surface area contributed by atoms with Crippen molar-refractivity contribution < 1.29 is 9.59 Å². The van der Waals surface area contributed by atoms with E-state index in [4.69, 9.17) is 0 Å². The Morgan fingerprint density at radius 2 is 2.20 bits per heavy atom. The monoisotopic (exact) mass is 210 g/mol. The second-order valence-corrected chi connectivity index (χ2v) is 4.83. The van der Waals surface area contributed by atoms with Crippen molar-refractivity contribution in [1.82, 2.24) is 10.2 Å². The highest BCUT2D eigenvalue weighted by molar-refractivity contribution is 5.96. The van der Waals surface area contributed by atoms with Crippen molar-refractivity contribution in [2.75, 3.05) is 13.1 Å². The summed E-state index contributed by atoms with van der Waals surface area (Å²) in [5.74, 6) is 1.29. The lowest BCUT2D eigenvalue weighted by Gasteiger charge is -2.28. The average molecular weight is 210 g/mol. The van der Waals surface area contributed by atoms with E-state index in [1.807, 2.05) is 0 Å². The summed E-state index contributed by atoms with van der Waals surface area (Å²) in [5.41, 5.74) is 0. The molecule has 1 saturated heterocycles. The first-order chi connectivity index (χ1) is 7.15. The third kappa shape index (κ3) is 2.49. The molecule has 0 spiro atoms. The Morgan fingerprint density at radius 1 is 1.40 bits per heavy atom. The van der Waals surface area contributed by atoms with Gasteiger partial charge in [-0.2, -0.15) is 0 Å². The second kappa shape index (κ2) is 4.21. The van der Waals surface area contributed by atoms with Crippen LogP contribution in [0.3, 0.4) is 0 Å². The molecule has 1 saturated carbocycles. The molecule has 1 N–H and O–H groups in total. The van der Waals surface area contributed by atoms with Gasteiger partial charge < -0.3 is 4.90 Å². The molecule has 1 aliphatic heterocycles. The largest absolute Gasteiger partial charge is 0.324 e. The summed E-state index contributed by atoms with van der Waals surface area (Å²) in [4.78, 5) is 24.2. The average Bonchev–Trinajstić information content (AvgIpc) is 2.56. The first-order valence-electron chi connectivity index (χ1n) is 5.74. The topological polar surface area (TPSA) is 49.4 Å². The van der Waals surface area contributed by atoms with Crippen molar-refractivity contribution in [3.63, 3.8) is 0 Å². The molecule has 1 aliphatic carbocycles. The fourth-order valence-electron chi connectivity index (χ4n) is 2.58. The number of imide groups is 1. The number of nitrogens with one attached hydrogen (secondary N) is 1. The molecule has 0 aromatic carbocycles. The van der Waals surface area contributed by atoms with Crippen LogP contribution in [0.5, 0.6) is 0 Å². The minimum atomic E-state index is -0.203. The zero-order valence-electron chi connectivity index (χ0n) is 9.16. The summed E-state index contributed by atoms with van der Waals surface area (Å²) in [6, 6.07) is -0.203. The van der Waals surface area contributed by atoms with E-state index in [1.165, 1.54) is 19.3 Å². The van der Waals surface area contributed by atoms with E-state index in [0.29, 0.717) is 18.9 Å². The normalized spacial score (nSPS) is 31.9. The number of hydrogen-bond acceptors (Lipinski definition) is 2. The fraction of sp³-hybridized carbons (Fsp3) is 0.818. The van der Waals surface area contributed by atoms with Crippen LogP contribution >= 0.6 is 0 Å². The molecule has 4 nitrogen and oxygen atoms in total. The predicted octanol–water partition coefficient (Wildman–Crippen LogP) is 1.36.